The molecule has 1 aromatic carbocycles. The average Bonchev–Trinajstić information content (AvgIpc) is 3.22. The molecule has 2 aromatic rings. The number of aryl methyl sites for hydroxylation is 1. The molecule has 0 aliphatic heterocycles. The molecule has 0 spiro atoms. The van der Waals surface area contributed by atoms with Crippen molar-refractivity contribution < 1.29 is 14.3 Å². The second kappa shape index (κ2) is 7.42. The van der Waals surface area contributed by atoms with E-state index in [1.165, 1.54) is 0 Å². The minimum atomic E-state index is -0.868. The molecule has 5 heteroatoms. The zero-order valence-electron chi connectivity index (χ0n) is 12.7. The Morgan fingerprint density at radius 1 is 1.17 bits per heavy atom. The van der Waals surface area contributed by atoms with Crippen molar-refractivity contribution in [1.29, 1.82) is 0 Å². The Kier molecular flexibility index (Phi) is 5.08. The Labute approximate surface area is 139 Å². The Hall–Kier alpha value is -2.14. The zero-order chi connectivity index (χ0) is 16.1. The maximum atomic E-state index is 12.4. The second-order valence-electron chi connectivity index (χ2n) is 5.64. The van der Waals surface area contributed by atoms with E-state index in [-0.39, 0.29) is 24.3 Å². The number of rotatable bonds is 7. The zero-order valence-corrected chi connectivity index (χ0v) is 13.6. The molecule has 4 nitrogen and oxygen atoms in total. The highest BCUT2D eigenvalue weighted by Gasteiger charge is 2.30. The Morgan fingerprint density at radius 2 is 1.96 bits per heavy atom. The SMILES string of the molecule is O=C(CCc1cccs1)OC(C(=O)NC1CC1)c1ccccc1. The predicted octanol–water partition coefficient (Wildman–Crippen LogP) is 3.24. The van der Waals surface area contributed by atoms with Crippen LogP contribution in [0.1, 0.15) is 35.8 Å². The summed E-state index contributed by atoms with van der Waals surface area (Å²) in [6.07, 6.45) is 2.05. The van der Waals surface area contributed by atoms with E-state index in [0.717, 1.165) is 17.7 Å². The summed E-state index contributed by atoms with van der Waals surface area (Å²) in [6, 6.07) is 13.4. The molecule has 1 aliphatic carbocycles. The van der Waals surface area contributed by atoms with Gasteiger partial charge in [0.1, 0.15) is 0 Å². The van der Waals surface area contributed by atoms with Gasteiger partial charge < -0.3 is 10.1 Å². The van der Waals surface area contributed by atoms with Gasteiger partial charge in [-0.3, -0.25) is 9.59 Å². The van der Waals surface area contributed by atoms with E-state index in [1.54, 1.807) is 11.3 Å². The molecule has 1 atom stereocenters. The van der Waals surface area contributed by atoms with Crippen LogP contribution in [0.2, 0.25) is 0 Å². The molecular weight excluding hydrogens is 310 g/mol. The predicted molar refractivity (Wildman–Crippen MR) is 89.1 cm³/mol. The van der Waals surface area contributed by atoms with Gasteiger partial charge in [0.15, 0.2) is 0 Å². The van der Waals surface area contributed by atoms with E-state index in [0.29, 0.717) is 12.0 Å². The fourth-order valence-electron chi connectivity index (χ4n) is 2.28. The third kappa shape index (κ3) is 4.66. The smallest absolute Gasteiger partial charge is 0.307 e. The quantitative estimate of drug-likeness (QED) is 0.793. The molecule has 0 radical (unpaired) electrons. The van der Waals surface area contributed by atoms with Gasteiger partial charge in [0, 0.05) is 16.5 Å². The lowest BCUT2D eigenvalue weighted by atomic mass is 10.1. The normalized spacial score (nSPS) is 15.0. The first kappa shape index (κ1) is 15.7. The summed E-state index contributed by atoms with van der Waals surface area (Å²) >= 11 is 1.62. The largest absolute Gasteiger partial charge is 0.447 e. The van der Waals surface area contributed by atoms with Crippen LogP contribution < -0.4 is 5.32 Å². The van der Waals surface area contributed by atoms with Gasteiger partial charge in [0.25, 0.3) is 5.91 Å². The summed E-state index contributed by atoms with van der Waals surface area (Å²) in [5, 5.41) is 4.90. The van der Waals surface area contributed by atoms with E-state index in [9.17, 15) is 9.59 Å². The molecule has 1 aliphatic rings. The number of ether oxygens (including phenoxy) is 1. The third-order valence-electron chi connectivity index (χ3n) is 3.67. The first-order valence-corrected chi connectivity index (χ1v) is 8.67. The van der Waals surface area contributed by atoms with Crippen LogP contribution in [-0.4, -0.2) is 17.9 Å². The molecule has 1 amide bonds. The lowest BCUT2D eigenvalue weighted by Gasteiger charge is -2.18. The average molecular weight is 329 g/mol. The van der Waals surface area contributed by atoms with Gasteiger partial charge in [0.05, 0.1) is 6.42 Å². The van der Waals surface area contributed by atoms with E-state index < -0.39 is 6.10 Å². The van der Waals surface area contributed by atoms with Crippen molar-refractivity contribution in [3.05, 3.63) is 58.3 Å². The van der Waals surface area contributed by atoms with Crippen LogP contribution in [0, 0.1) is 0 Å². The van der Waals surface area contributed by atoms with Crippen molar-refractivity contribution in [2.45, 2.75) is 37.8 Å². The lowest BCUT2D eigenvalue weighted by Crippen LogP contribution is -2.33. The van der Waals surface area contributed by atoms with Crippen molar-refractivity contribution >= 4 is 23.2 Å². The molecule has 23 heavy (non-hydrogen) atoms. The summed E-state index contributed by atoms with van der Waals surface area (Å²) in [5.74, 6) is -0.582. The fourth-order valence-corrected chi connectivity index (χ4v) is 2.98. The van der Waals surface area contributed by atoms with Crippen LogP contribution in [0.4, 0.5) is 0 Å². The minimum absolute atomic E-state index is 0.233. The Morgan fingerprint density at radius 3 is 2.61 bits per heavy atom. The molecule has 120 valence electrons. The van der Waals surface area contributed by atoms with Gasteiger partial charge in [-0.05, 0) is 30.7 Å². The molecule has 1 heterocycles. The molecule has 0 saturated heterocycles. The van der Waals surface area contributed by atoms with Gasteiger partial charge in [-0.1, -0.05) is 36.4 Å². The number of esters is 1. The molecule has 3 rings (SSSR count). The first-order valence-electron chi connectivity index (χ1n) is 7.79. The summed E-state index contributed by atoms with van der Waals surface area (Å²) in [4.78, 5) is 25.6. The number of benzene rings is 1. The number of carbonyl (C=O) groups excluding carboxylic acids is 2. The second-order valence-corrected chi connectivity index (χ2v) is 6.68. The minimum Gasteiger partial charge on any atom is -0.447 e. The van der Waals surface area contributed by atoms with Gasteiger partial charge in [-0.15, -0.1) is 11.3 Å². The van der Waals surface area contributed by atoms with Crippen LogP contribution in [0.15, 0.2) is 47.8 Å². The topological polar surface area (TPSA) is 55.4 Å². The lowest BCUT2D eigenvalue weighted by molar-refractivity contribution is -0.156. The molecule has 1 unspecified atom stereocenters. The molecule has 1 saturated carbocycles. The van der Waals surface area contributed by atoms with Crippen molar-refractivity contribution in [3.8, 4) is 0 Å². The van der Waals surface area contributed by atoms with Gasteiger partial charge in [0.2, 0.25) is 6.10 Å². The summed E-state index contributed by atoms with van der Waals surface area (Å²) < 4.78 is 5.48. The van der Waals surface area contributed by atoms with Gasteiger partial charge in [-0.2, -0.15) is 0 Å². The fraction of sp³-hybridized carbons (Fsp3) is 0.333. The van der Waals surface area contributed by atoms with E-state index in [4.69, 9.17) is 4.74 Å². The highest BCUT2D eigenvalue weighted by Crippen LogP contribution is 2.23. The third-order valence-corrected chi connectivity index (χ3v) is 4.61. The summed E-state index contributed by atoms with van der Waals surface area (Å²) in [6.45, 7) is 0. The monoisotopic (exact) mass is 329 g/mol. The molecule has 1 N–H and O–H groups in total. The maximum absolute atomic E-state index is 12.4. The maximum Gasteiger partial charge on any atom is 0.307 e. The number of hydrogen-bond donors (Lipinski definition) is 1. The molecule has 1 fully saturated rings. The van der Waals surface area contributed by atoms with E-state index in [1.807, 2.05) is 47.8 Å². The molecule has 1 aromatic heterocycles. The van der Waals surface area contributed by atoms with Crippen molar-refractivity contribution in [3.63, 3.8) is 0 Å². The highest BCUT2D eigenvalue weighted by molar-refractivity contribution is 7.09. The van der Waals surface area contributed by atoms with Crippen LogP contribution in [-0.2, 0) is 20.7 Å². The number of carbonyl (C=O) groups is 2. The molecular formula is C18H19NO3S. The van der Waals surface area contributed by atoms with E-state index >= 15 is 0 Å². The Balaban J connectivity index is 1.62. The highest BCUT2D eigenvalue weighted by atomic mass is 32.1. The number of amides is 1. The van der Waals surface area contributed by atoms with Crippen LogP contribution in [0.3, 0.4) is 0 Å². The number of hydrogen-bond acceptors (Lipinski definition) is 4. The van der Waals surface area contributed by atoms with Crippen molar-refractivity contribution in [2.75, 3.05) is 0 Å². The summed E-state index contributed by atoms with van der Waals surface area (Å²) in [5.41, 5.74) is 0.704. The van der Waals surface area contributed by atoms with Crippen LogP contribution >= 0.6 is 11.3 Å². The van der Waals surface area contributed by atoms with Crippen molar-refractivity contribution in [2.24, 2.45) is 0 Å². The van der Waals surface area contributed by atoms with E-state index in [2.05, 4.69) is 5.32 Å². The first-order chi connectivity index (χ1) is 11.2. The summed E-state index contributed by atoms with van der Waals surface area (Å²) in [7, 11) is 0. The number of thiophene rings is 1. The van der Waals surface area contributed by atoms with Gasteiger partial charge >= 0.3 is 5.97 Å². The number of nitrogens with one attached hydrogen (secondary N) is 1. The van der Waals surface area contributed by atoms with Gasteiger partial charge in [-0.25, -0.2) is 0 Å². The van der Waals surface area contributed by atoms with Crippen LogP contribution in [0.5, 0.6) is 0 Å². The van der Waals surface area contributed by atoms with Crippen molar-refractivity contribution in [1.82, 2.24) is 5.32 Å². The standard InChI is InChI=1S/C18H19NO3S/c20-16(11-10-15-7-4-12-23-15)22-17(13-5-2-1-3-6-13)18(21)19-14-8-9-14/h1-7,12,14,17H,8-11H2,(H,19,21). The molecule has 0 bridgehead atoms. The van der Waals surface area contributed by atoms with Crippen LogP contribution in [0.25, 0.3) is 0 Å². The Bertz CT molecular complexity index is 650.